The SMILES string of the molecule is CCC1(C)CCN(c2ccc(C=O)s2)C1. The van der Waals surface area contributed by atoms with E-state index in [0.29, 0.717) is 5.41 Å². The minimum Gasteiger partial charge on any atom is -0.363 e. The largest absolute Gasteiger partial charge is 0.363 e. The number of rotatable bonds is 3. The summed E-state index contributed by atoms with van der Waals surface area (Å²) in [5.74, 6) is 0. The third kappa shape index (κ3) is 2.07. The lowest BCUT2D eigenvalue weighted by Crippen LogP contribution is -2.23. The van der Waals surface area contributed by atoms with Gasteiger partial charge in [0.25, 0.3) is 0 Å². The molecule has 82 valence electrons. The number of nitrogens with zero attached hydrogens (tertiary/aromatic N) is 1. The van der Waals surface area contributed by atoms with Gasteiger partial charge in [-0.05, 0) is 30.4 Å². The summed E-state index contributed by atoms with van der Waals surface area (Å²) < 4.78 is 0. The van der Waals surface area contributed by atoms with E-state index >= 15 is 0 Å². The predicted octanol–water partition coefficient (Wildman–Crippen LogP) is 3.19. The molecule has 0 spiro atoms. The fourth-order valence-electron chi connectivity index (χ4n) is 2.08. The number of hydrogen-bond donors (Lipinski definition) is 0. The van der Waals surface area contributed by atoms with Crippen molar-refractivity contribution in [3.8, 4) is 0 Å². The molecule has 0 saturated carbocycles. The van der Waals surface area contributed by atoms with Crippen molar-refractivity contribution in [2.24, 2.45) is 5.41 Å². The first-order valence-corrected chi connectivity index (χ1v) is 6.28. The van der Waals surface area contributed by atoms with Crippen molar-refractivity contribution in [2.45, 2.75) is 26.7 Å². The van der Waals surface area contributed by atoms with Gasteiger partial charge in [0, 0.05) is 13.1 Å². The number of aldehydes is 1. The van der Waals surface area contributed by atoms with Crippen molar-refractivity contribution in [1.82, 2.24) is 0 Å². The van der Waals surface area contributed by atoms with Crippen LogP contribution in [0.3, 0.4) is 0 Å². The Morgan fingerprint density at radius 3 is 2.93 bits per heavy atom. The molecule has 0 amide bonds. The van der Waals surface area contributed by atoms with E-state index in [0.717, 1.165) is 24.3 Å². The van der Waals surface area contributed by atoms with E-state index in [2.05, 4.69) is 24.8 Å². The summed E-state index contributed by atoms with van der Waals surface area (Å²) in [6.07, 6.45) is 3.43. The average molecular weight is 223 g/mol. The van der Waals surface area contributed by atoms with E-state index in [9.17, 15) is 4.79 Å². The van der Waals surface area contributed by atoms with Crippen molar-refractivity contribution in [2.75, 3.05) is 18.0 Å². The van der Waals surface area contributed by atoms with E-state index in [-0.39, 0.29) is 0 Å². The molecule has 0 N–H and O–H groups in total. The van der Waals surface area contributed by atoms with Gasteiger partial charge in [-0.1, -0.05) is 13.8 Å². The maximum absolute atomic E-state index is 10.6. The van der Waals surface area contributed by atoms with E-state index in [4.69, 9.17) is 0 Å². The molecule has 1 aromatic heterocycles. The van der Waals surface area contributed by atoms with Crippen LogP contribution in [0.25, 0.3) is 0 Å². The summed E-state index contributed by atoms with van der Waals surface area (Å²) in [7, 11) is 0. The van der Waals surface area contributed by atoms with E-state index < -0.39 is 0 Å². The minimum atomic E-state index is 0.464. The minimum absolute atomic E-state index is 0.464. The monoisotopic (exact) mass is 223 g/mol. The van der Waals surface area contributed by atoms with Crippen LogP contribution in [-0.4, -0.2) is 19.4 Å². The van der Waals surface area contributed by atoms with Crippen LogP contribution in [0.15, 0.2) is 12.1 Å². The molecule has 0 radical (unpaired) electrons. The fourth-order valence-corrected chi connectivity index (χ4v) is 2.92. The zero-order valence-corrected chi connectivity index (χ0v) is 10.1. The van der Waals surface area contributed by atoms with Crippen molar-refractivity contribution in [1.29, 1.82) is 0 Å². The van der Waals surface area contributed by atoms with Crippen LogP contribution >= 0.6 is 11.3 Å². The Morgan fingerprint density at radius 2 is 2.40 bits per heavy atom. The van der Waals surface area contributed by atoms with Crippen LogP contribution in [0.2, 0.25) is 0 Å². The summed E-state index contributed by atoms with van der Waals surface area (Å²) in [5.41, 5.74) is 0.464. The normalized spacial score (nSPS) is 25.9. The number of thiophene rings is 1. The van der Waals surface area contributed by atoms with E-state index in [1.54, 1.807) is 11.3 Å². The van der Waals surface area contributed by atoms with Gasteiger partial charge in [-0.2, -0.15) is 0 Å². The average Bonchev–Trinajstić information content (AvgIpc) is 2.84. The first-order chi connectivity index (χ1) is 7.17. The number of anilines is 1. The standard InChI is InChI=1S/C12H17NOS/c1-3-12(2)6-7-13(9-12)11-5-4-10(8-14)15-11/h4-5,8H,3,6-7,9H2,1-2H3. The molecule has 1 aliphatic heterocycles. The molecule has 3 heteroatoms. The Hall–Kier alpha value is -0.830. The second-order valence-corrected chi connectivity index (χ2v) is 5.72. The van der Waals surface area contributed by atoms with Crippen molar-refractivity contribution >= 4 is 22.6 Å². The van der Waals surface area contributed by atoms with Crippen LogP contribution in [-0.2, 0) is 0 Å². The third-order valence-corrected chi connectivity index (χ3v) is 4.52. The summed E-state index contributed by atoms with van der Waals surface area (Å²) >= 11 is 1.60. The molecule has 15 heavy (non-hydrogen) atoms. The molecular weight excluding hydrogens is 206 g/mol. The lowest BCUT2D eigenvalue weighted by molar-refractivity contribution is 0.112. The molecule has 1 fully saturated rings. The first-order valence-electron chi connectivity index (χ1n) is 5.47. The van der Waals surface area contributed by atoms with Gasteiger partial charge in [0.1, 0.15) is 0 Å². The summed E-state index contributed by atoms with van der Waals surface area (Å²) in [6, 6.07) is 3.98. The highest BCUT2D eigenvalue weighted by atomic mass is 32.1. The van der Waals surface area contributed by atoms with Gasteiger partial charge in [-0.3, -0.25) is 4.79 Å². The Balaban J connectivity index is 2.10. The van der Waals surface area contributed by atoms with Crippen LogP contribution in [0.4, 0.5) is 5.00 Å². The molecule has 1 saturated heterocycles. The zero-order valence-electron chi connectivity index (χ0n) is 9.32. The Morgan fingerprint density at radius 1 is 1.60 bits per heavy atom. The quantitative estimate of drug-likeness (QED) is 0.733. The fraction of sp³-hybridized carbons (Fsp3) is 0.583. The summed E-state index contributed by atoms with van der Waals surface area (Å²) in [5, 5.41) is 1.24. The van der Waals surface area contributed by atoms with Gasteiger partial charge in [0.05, 0.1) is 9.88 Å². The molecule has 2 heterocycles. The van der Waals surface area contributed by atoms with Crippen molar-refractivity contribution in [3.05, 3.63) is 17.0 Å². The molecule has 2 nitrogen and oxygen atoms in total. The summed E-state index contributed by atoms with van der Waals surface area (Å²) in [6.45, 7) is 6.86. The van der Waals surface area contributed by atoms with Gasteiger partial charge < -0.3 is 4.90 Å². The molecule has 0 bridgehead atoms. The molecular formula is C12H17NOS. The lowest BCUT2D eigenvalue weighted by atomic mass is 9.87. The van der Waals surface area contributed by atoms with Crippen molar-refractivity contribution < 1.29 is 4.79 Å². The van der Waals surface area contributed by atoms with Crippen LogP contribution in [0, 0.1) is 5.41 Å². The molecule has 1 aromatic rings. The topological polar surface area (TPSA) is 20.3 Å². The lowest BCUT2D eigenvalue weighted by Gasteiger charge is -2.22. The second kappa shape index (κ2) is 3.97. The molecule has 1 unspecified atom stereocenters. The van der Waals surface area contributed by atoms with Gasteiger partial charge in [-0.25, -0.2) is 0 Å². The number of carbonyl (C=O) groups excluding carboxylic acids is 1. The number of carbonyl (C=O) groups is 1. The Labute approximate surface area is 94.9 Å². The highest BCUT2D eigenvalue weighted by Crippen LogP contribution is 2.37. The molecule has 2 rings (SSSR count). The maximum Gasteiger partial charge on any atom is 0.160 e. The van der Waals surface area contributed by atoms with Crippen LogP contribution in [0.5, 0.6) is 0 Å². The number of hydrogen-bond acceptors (Lipinski definition) is 3. The van der Waals surface area contributed by atoms with Gasteiger partial charge in [0.15, 0.2) is 6.29 Å². The first kappa shape index (κ1) is 10.7. The third-order valence-electron chi connectivity index (χ3n) is 3.45. The van der Waals surface area contributed by atoms with Gasteiger partial charge >= 0.3 is 0 Å². The molecule has 1 atom stereocenters. The summed E-state index contributed by atoms with van der Waals surface area (Å²) in [4.78, 5) is 13.8. The van der Waals surface area contributed by atoms with Crippen LogP contribution in [0.1, 0.15) is 36.4 Å². The van der Waals surface area contributed by atoms with Gasteiger partial charge in [-0.15, -0.1) is 11.3 Å². The molecule has 0 aliphatic carbocycles. The van der Waals surface area contributed by atoms with E-state index in [1.807, 2.05) is 6.07 Å². The van der Waals surface area contributed by atoms with E-state index in [1.165, 1.54) is 17.8 Å². The second-order valence-electron chi connectivity index (χ2n) is 4.63. The molecule has 1 aliphatic rings. The Bertz CT molecular complexity index is 360. The smallest absolute Gasteiger partial charge is 0.160 e. The van der Waals surface area contributed by atoms with Crippen molar-refractivity contribution in [3.63, 3.8) is 0 Å². The highest BCUT2D eigenvalue weighted by molar-refractivity contribution is 7.17. The van der Waals surface area contributed by atoms with Crippen LogP contribution < -0.4 is 4.90 Å². The Kier molecular flexibility index (Phi) is 2.83. The maximum atomic E-state index is 10.6. The molecule has 0 aromatic carbocycles. The van der Waals surface area contributed by atoms with Gasteiger partial charge in [0.2, 0.25) is 0 Å². The zero-order chi connectivity index (χ0) is 10.9. The predicted molar refractivity (Wildman–Crippen MR) is 64.9 cm³/mol. The highest BCUT2D eigenvalue weighted by Gasteiger charge is 2.32.